The van der Waals surface area contributed by atoms with Gasteiger partial charge in [-0.1, -0.05) is 13.3 Å². The smallest absolute Gasteiger partial charge is 0.306 e. The minimum Gasteiger partial charge on any atom is -0.355 e. The monoisotopic (exact) mass is 362 g/mol. The van der Waals surface area contributed by atoms with Crippen LogP contribution < -0.4 is 27.4 Å². The molecule has 1 aliphatic heterocycles. The number of nitrogens with zero attached hydrogens (tertiary/aromatic N) is 1. The van der Waals surface area contributed by atoms with Crippen LogP contribution in [0.25, 0.3) is 0 Å². The Morgan fingerprint density at radius 3 is 2.79 bits per heavy atom. The SMILES string of the molecule is CCCNC(=O)C(CCCCN)NP(N)(=O)N1CCC[C@H](N)C1=O. The summed E-state index contributed by atoms with van der Waals surface area (Å²) < 4.78 is 14.0. The van der Waals surface area contributed by atoms with Crippen LogP contribution in [0.4, 0.5) is 0 Å². The van der Waals surface area contributed by atoms with Gasteiger partial charge in [-0.3, -0.25) is 24.3 Å². The van der Waals surface area contributed by atoms with E-state index in [0.717, 1.165) is 17.5 Å². The number of unbranched alkanes of at least 4 members (excludes halogenated alkanes) is 1. The molecule has 0 bridgehead atoms. The molecule has 10 heteroatoms. The van der Waals surface area contributed by atoms with E-state index in [1.807, 2.05) is 6.92 Å². The molecule has 1 fully saturated rings. The van der Waals surface area contributed by atoms with Crippen molar-refractivity contribution in [3.63, 3.8) is 0 Å². The van der Waals surface area contributed by atoms with Crippen molar-refractivity contribution >= 4 is 19.4 Å². The van der Waals surface area contributed by atoms with E-state index in [1.165, 1.54) is 0 Å². The van der Waals surface area contributed by atoms with Crippen LogP contribution >= 0.6 is 7.59 Å². The van der Waals surface area contributed by atoms with Crippen LogP contribution in [0.1, 0.15) is 45.4 Å². The summed E-state index contributed by atoms with van der Waals surface area (Å²) in [6, 6.07) is -1.42. The van der Waals surface area contributed by atoms with E-state index in [2.05, 4.69) is 10.4 Å². The zero-order valence-electron chi connectivity index (χ0n) is 14.4. The Balaban J connectivity index is 2.79. The van der Waals surface area contributed by atoms with Gasteiger partial charge in [-0.25, -0.2) is 5.09 Å². The first-order chi connectivity index (χ1) is 11.3. The van der Waals surface area contributed by atoms with Crippen LogP contribution in [0.15, 0.2) is 0 Å². The second kappa shape index (κ2) is 10.1. The summed E-state index contributed by atoms with van der Waals surface area (Å²) in [4.78, 5) is 24.4. The van der Waals surface area contributed by atoms with Crippen LogP contribution in [0.2, 0.25) is 0 Å². The lowest BCUT2D eigenvalue weighted by Crippen LogP contribution is -2.52. The van der Waals surface area contributed by atoms with Gasteiger partial charge in [0.2, 0.25) is 11.8 Å². The molecule has 0 aromatic carbocycles. The van der Waals surface area contributed by atoms with Gasteiger partial charge in [0.1, 0.15) is 0 Å². The summed E-state index contributed by atoms with van der Waals surface area (Å²) in [5.74, 6) is -0.706. The highest BCUT2D eigenvalue weighted by Crippen LogP contribution is 2.40. The number of rotatable bonds is 10. The van der Waals surface area contributed by atoms with Gasteiger partial charge >= 0.3 is 7.59 Å². The van der Waals surface area contributed by atoms with Crippen molar-refractivity contribution in [1.82, 2.24) is 15.1 Å². The summed E-state index contributed by atoms with van der Waals surface area (Å²) in [5, 5.41) is 5.48. The number of hydrogen-bond donors (Lipinski definition) is 5. The highest BCUT2D eigenvalue weighted by Gasteiger charge is 2.38. The second-order valence-electron chi connectivity index (χ2n) is 6.09. The highest BCUT2D eigenvalue weighted by molar-refractivity contribution is 7.57. The van der Waals surface area contributed by atoms with E-state index in [0.29, 0.717) is 38.8 Å². The molecular formula is C14H31N6O3P. The fourth-order valence-electron chi connectivity index (χ4n) is 2.59. The van der Waals surface area contributed by atoms with Crippen molar-refractivity contribution in [1.29, 1.82) is 0 Å². The molecule has 0 radical (unpaired) electrons. The number of piperidine rings is 1. The average molecular weight is 362 g/mol. The molecular weight excluding hydrogens is 331 g/mol. The summed E-state index contributed by atoms with van der Waals surface area (Å²) in [6.07, 6.45) is 3.87. The third-order valence-electron chi connectivity index (χ3n) is 3.97. The van der Waals surface area contributed by atoms with Gasteiger partial charge in [0.05, 0.1) is 12.1 Å². The molecule has 2 amide bonds. The Morgan fingerprint density at radius 2 is 2.17 bits per heavy atom. The Labute approximate surface area is 143 Å². The number of amides is 2. The second-order valence-corrected chi connectivity index (χ2v) is 8.08. The Morgan fingerprint density at radius 1 is 1.46 bits per heavy atom. The van der Waals surface area contributed by atoms with E-state index in [-0.39, 0.29) is 12.5 Å². The van der Waals surface area contributed by atoms with Crippen LogP contribution in [0.3, 0.4) is 0 Å². The fraction of sp³-hybridized carbons (Fsp3) is 0.857. The molecule has 0 aliphatic carbocycles. The van der Waals surface area contributed by atoms with Crippen molar-refractivity contribution in [2.75, 3.05) is 19.6 Å². The zero-order chi connectivity index (χ0) is 18.2. The molecule has 0 spiro atoms. The van der Waals surface area contributed by atoms with Crippen LogP contribution in [0, 0.1) is 0 Å². The number of hydrogen-bond acceptors (Lipinski definition) is 5. The third kappa shape index (κ3) is 6.14. The molecule has 2 unspecified atom stereocenters. The molecule has 0 saturated carbocycles. The lowest BCUT2D eigenvalue weighted by molar-refractivity contribution is -0.130. The lowest BCUT2D eigenvalue weighted by atomic mass is 10.1. The zero-order valence-corrected chi connectivity index (χ0v) is 15.3. The summed E-state index contributed by atoms with van der Waals surface area (Å²) >= 11 is 0. The summed E-state index contributed by atoms with van der Waals surface area (Å²) in [7, 11) is -3.69. The largest absolute Gasteiger partial charge is 0.355 e. The van der Waals surface area contributed by atoms with E-state index in [4.69, 9.17) is 17.0 Å². The maximum Gasteiger partial charge on any atom is 0.306 e. The highest BCUT2D eigenvalue weighted by atomic mass is 31.2. The molecule has 3 atom stereocenters. The van der Waals surface area contributed by atoms with Gasteiger partial charge < -0.3 is 16.8 Å². The third-order valence-corrected chi connectivity index (χ3v) is 5.76. The maximum atomic E-state index is 12.9. The first-order valence-corrected chi connectivity index (χ1v) is 10.3. The van der Waals surface area contributed by atoms with E-state index in [1.54, 1.807) is 0 Å². The van der Waals surface area contributed by atoms with Gasteiger partial charge in [0.15, 0.2) is 0 Å². The Bertz CT molecular complexity index is 475. The molecule has 0 aromatic heterocycles. The number of carbonyl (C=O) groups excluding carboxylic acids is 2. The summed E-state index contributed by atoms with van der Waals surface area (Å²) in [5.41, 5.74) is 17.1. The molecule has 1 aliphatic rings. The van der Waals surface area contributed by atoms with Crippen molar-refractivity contribution in [3.05, 3.63) is 0 Å². The topological polar surface area (TPSA) is 157 Å². The molecule has 24 heavy (non-hydrogen) atoms. The lowest BCUT2D eigenvalue weighted by Gasteiger charge is -2.36. The van der Waals surface area contributed by atoms with Crippen molar-refractivity contribution < 1.29 is 14.2 Å². The van der Waals surface area contributed by atoms with Crippen molar-refractivity contribution in [3.8, 4) is 0 Å². The Kier molecular flexibility index (Phi) is 8.86. The van der Waals surface area contributed by atoms with Gasteiger partial charge in [0.25, 0.3) is 0 Å². The van der Waals surface area contributed by atoms with Crippen molar-refractivity contribution in [2.24, 2.45) is 17.0 Å². The standard InChI is InChI=1S/C14H31N6O3P/c1-2-9-18-13(21)12(7-3-4-8-15)19-24(17,23)20-10-5-6-11(16)14(20)22/h11-12H,2-10,15-16H2,1H3,(H,18,21)(H3,17,19,23)/t11-,12?,24?/m0/s1. The molecule has 8 N–H and O–H groups in total. The molecule has 9 nitrogen and oxygen atoms in total. The minimum absolute atomic E-state index is 0.270. The van der Waals surface area contributed by atoms with E-state index < -0.39 is 25.6 Å². The maximum absolute atomic E-state index is 12.9. The van der Waals surface area contributed by atoms with Gasteiger partial charge in [-0.15, -0.1) is 0 Å². The van der Waals surface area contributed by atoms with Crippen molar-refractivity contribution in [2.45, 2.75) is 57.5 Å². The number of nitrogens with one attached hydrogen (secondary N) is 2. The molecule has 140 valence electrons. The van der Waals surface area contributed by atoms with Crippen LogP contribution in [-0.2, 0) is 14.2 Å². The molecule has 1 saturated heterocycles. The molecule has 0 aromatic rings. The van der Waals surface area contributed by atoms with Gasteiger partial charge in [-0.05, 0) is 38.6 Å². The number of carbonyl (C=O) groups is 2. The number of nitrogens with two attached hydrogens (primary N) is 3. The molecule has 1 rings (SSSR count). The van der Waals surface area contributed by atoms with Crippen LogP contribution in [0.5, 0.6) is 0 Å². The predicted molar refractivity (Wildman–Crippen MR) is 93.8 cm³/mol. The average Bonchev–Trinajstić information content (AvgIpc) is 2.54. The fourth-order valence-corrected chi connectivity index (χ4v) is 4.30. The first-order valence-electron chi connectivity index (χ1n) is 8.55. The summed E-state index contributed by atoms with van der Waals surface area (Å²) in [6.45, 7) is 3.26. The minimum atomic E-state index is -3.69. The quantitative estimate of drug-likeness (QED) is 0.262. The predicted octanol–water partition coefficient (Wildman–Crippen LogP) is -0.384. The van der Waals surface area contributed by atoms with Gasteiger partial charge in [-0.2, -0.15) is 0 Å². The normalized spacial score (nSPS) is 22.1. The van der Waals surface area contributed by atoms with Gasteiger partial charge in [0, 0.05) is 13.1 Å². The molecule has 1 heterocycles. The Hall–Kier alpha value is -0.990. The van der Waals surface area contributed by atoms with Crippen LogP contribution in [-0.4, -0.2) is 48.2 Å². The first kappa shape index (κ1) is 21.1. The van der Waals surface area contributed by atoms with E-state index >= 15 is 0 Å². The van der Waals surface area contributed by atoms with E-state index in [9.17, 15) is 14.2 Å².